The molecule has 0 amide bonds. The lowest BCUT2D eigenvalue weighted by Crippen LogP contribution is -2.36. The standard InChI is InChI=1S/C48H72F2N2OS3/c1-13-25-47(12,16-4)37-29-35-45(55-37)44-34(28-36(54-44)38-40(49)41(50)39(46(11,14-2)15-3)43-42(38)51-56-52-43)48(53-35,26-23-32(9)21-17-19-30(5)6)27-24-33(10)22-18-20-31(7)8/h28-33H,13-27H2,1-12H3/t32-,33?,47?,48?/m1/s1. The van der Waals surface area contributed by atoms with Gasteiger partial charge in [0, 0.05) is 26.3 Å². The summed E-state index contributed by atoms with van der Waals surface area (Å²) in [5.74, 6) is 1.96. The summed E-state index contributed by atoms with van der Waals surface area (Å²) < 4.78 is 50.4. The molecule has 0 fully saturated rings. The van der Waals surface area contributed by atoms with Crippen molar-refractivity contribution in [1.82, 2.24) is 8.75 Å². The third-order valence-electron chi connectivity index (χ3n) is 13.7. The SMILES string of the molecule is CCCC(C)(CC)c1cc2c(s1)-c1sc(-c3c(F)c(F)c(C(C)(CC)CC)c4nsnc34)cc1C(CCC(C)CCCC(C)C)(CC[C@H](C)CCCC(C)C)O2. The molecular weight excluding hydrogens is 755 g/mol. The van der Waals surface area contributed by atoms with Crippen LogP contribution in [0.25, 0.3) is 31.2 Å². The van der Waals surface area contributed by atoms with Crippen LogP contribution in [0.3, 0.4) is 0 Å². The van der Waals surface area contributed by atoms with Crippen molar-refractivity contribution in [2.75, 3.05) is 0 Å². The first-order chi connectivity index (χ1) is 26.6. The number of nitrogens with zero attached hydrogens (tertiary/aromatic N) is 2. The Morgan fingerprint density at radius 2 is 1.27 bits per heavy atom. The third kappa shape index (κ3) is 9.43. The minimum atomic E-state index is -0.801. The fraction of sp³-hybridized carbons (Fsp3) is 0.708. The van der Waals surface area contributed by atoms with Gasteiger partial charge in [0.1, 0.15) is 22.4 Å². The van der Waals surface area contributed by atoms with Crippen LogP contribution >= 0.6 is 34.4 Å². The van der Waals surface area contributed by atoms with Gasteiger partial charge in [-0.3, -0.25) is 0 Å². The number of ether oxygens (including phenoxy) is 1. The lowest BCUT2D eigenvalue weighted by atomic mass is 9.76. The van der Waals surface area contributed by atoms with Gasteiger partial charge in [-0.25, -0.2) is 8.78 Å². The number of hydrogen-bond acceptors (Lipinski definition) is 6. The van der Waals surface area contributed by atoms with Gasteiger partial charge in [0.25, 0.3) is 0 Å². The predicted octanol–water partition coefficient (Wildman–Crippen LogP) is 17.0. The number of benzene rings is 1. The average Bonchev–Trinajstić information content (AvgIpc) is 3.92. The second kappa shape index (κ2) is 19.0. The Morgan fingerprint density at radius 1 is 0.696 bits per heavy atom. The molecule has 3 unspecified atom stereocenters. The zero-order valence-electron chi connectivity index (χ0n) is 36.9. The molecule has 1 aromatic carbocycles. The highest BCUT2D eigenvalue weighted by atomic mass is 32.1. The first-order valence-electron chi connectivity index (χ1n) is 22.2. The number of aromatic nitrogens is 2. The van der Waals surface area contributed by atoms with Gasteiger partial charge in [0.15, 0.2) is 11.6 Å². The molecule has 56 heavy (non-hydrogen) atoms. The van der Waals surface area contributed by atoms with E-state index in [0.29, 0.717) is 53.1 Å². The molecule has 1 aliphatic heterocycles. The molecule has 0 radical (unpaired) electrons. The molecule has 4 aromatic rings. The van der Waals surface area contributed by atoms with E-state index < -0.39 is 22.7 Å². The number of hydrogen-bond donors (Lipinski definition) is 0. The number of halogens is 2. The van der Waals surface area contributed by atoms with E-state index in [0.717, 1.165) is 77.7 Å². The predicted molar refractivity (Wildman–Crippen MR) is 241 cm³/mol. The normalized spacial score (nSPS) is 18.0. The summed E-state index contributed by atoms with van der Waals surface area (Å²) in [6, 6.07) is 4.53. The van der Waals surface area contributed by atoms with Crippen LogP contribution in [0.5, 0.6) is 5.75 Å². The van der Waals surface area contributed by atoms with E-state index in [4.69, 9.17) is 9.11 Å². The van der Waals surface area contributed by atoms with E-state index >= 15 is 8.78 Å². The zero-order valence-corrected chi connectivity index (χ0v) is 39.3. The summed E-state index contributed by atoms with van der Waals surface area (Å²) in [4.78, 5) is 4.39. The van der Waals surface area contributed by atoms with Crippen LogP contribution in [-0.4, -0.2) is 8.75 Å². The van der Waals surface area contributed by atoms with Crippen LogP contribution in [0.2, 0.25) is 0 Å². The van der Waals surface area contributed by atoms with Crippen molar-refractivity contribution in [2.24, 2.45) is 23.7 Å². The van der Waals surface area contributed by atoms with Crippen LogP contribution in [-0.2, 0) is 16.4 Å². The summed E-state index contributed by atoms with van der Waals surface area (Å²) in [5, 5.41) is 0. The van der Waals surface area contributed by atoms with E-state index in [1.165, 1.54) is 48.3 Å². The molecule has 1 aliphatic rings. The molecular formula is C48H72F2N2OS3. The molecule has 4 heterocycles. The fourth-order valence-electron chi connectivity index (χ4n) is 9.04. The van der Waals surface area contributed by atoms with E-state index in [-0.39, 0.29) is 11.0 Å². The highest BCUT2D eigenvalue weighted by molar-refractivity contribution is 7.24. The average molecular weight is 827 g/mol. The Kier molecular flexibility index (Phi) is 15.3. The zero-order chi connectivity index (χ0) is 41.0. The number of thiophene rings is 2. The Bertz CT molecular complexity index is 1860. The Morgan fingerprint density at radius 3 is 1.80 bits per heavy atom. The van der Waals surface area contributed by atoms with E-state index in [9.17, 15) is 0 Å². The molecule has 3 aromatic heterocycles. The maximum absolute atomic E-state index is 16.9. The molecule has 0 saturated carbocycles. The first-order valence-corrected chi connectivity index (χ1v) is 24.5. The van der Waals surface area contributed by atoms with Crippen LogP contribution in [0.1, 0.15) is 195 Å². The van der Waals surface area contributed by atoms with Crippen molar-refractivity contribution in [3.63, 3.8) is 0 Å². The van der Waals surface area contributed by atoms with Crippen LogP contribution in [0.4, 0.5) is 8.78 Å². The lowest BCUT2D eigenvalue weighted by Gasteiger charge is -2.39. The summed E-state index contributed by atoms with van der Waals surface area (Å²) >= 11 is 4.51. The molecule has 5 rings (SSSR count). The highest BCUT2D eigenvalue weighted by Crippen LogP contribution is 2.59. The summed E-state index contributed by atoms with van der Waals surface area (Å²) in [6.45, 7) is 27.1. The summed E-state index contributed by atoms with van der Waals surface area (Å²) in [7, 11) is 0. The van der Waals surface area contributed by atoms with Crippen molar-refractivity contribution >= 4 is 45.4 Å². The first kappa shape index (κ1) is 45.2. The maximum atomic E-state index is 16.9. The molecule has 312 valence electrons. The molecule has 0 saturated heterocycles. The van der Waals surface area contributed by atoms with Crippen LogP contribution in [0.15, 0.2) is 12.1 Å². The smallest absolute Gasteiger partial charge is 0.170 e. The molecule has 8 heteroatoms. The topological polar surface area (TPSA) is 35.0 Å². The minimum Gasteiger partial charge on any atom is -0.481 e. The van der Waals surface area contributed by atoms with E-state index in [2.05, 4.69) is 78.8 Å². The molecule has 3 nitrogen and oxygen atoms in total. The van der Waals surface area contributed by atoms with Gasteiger partial charge in [-0.05, 0) is 92.6 Å². The maximum Gasteiger partial charge on any atom is 0.170 e. The van der Waals surface area contributed by atoms with Gasteiger partial charge < -0.3 is 4.74 Å². The fourth-order valence-corrected chi connectivity index (χ4v) is 12.4. The Labute approximate surface area is 351 Å². The largest absolute Gasteiger partial charge is 0.481 e. The highest BCUT2D eigenvalue weighted by Gasteiger charge is 2.45. The summed E-state index contributed by atoms with van der Waals surface area (Å²) in [5.41, 5.74) is 1.71. The van der Waals surface area contributed by atoms with Crippen molar-refractivity contribution in [3.8, 4) is 25.9 Å². The monoisotopic (exact) mass is 826 g/mol. The third-order valence-corrected chi connectivity index (χ3v) is 16.9. The van der Waals surface area contributed by atoms with Gasteiger partial charge in [0.05, 0.1) is 27.0 Å². The van der Waals surface area contributed by atoms with Crippen molar-refractivity contribution in [2.45, 2.75) is 196 Å². The van der Waals surface area contributed by atoms with Gasteiger partial charge in [-0.1, -0.05) is 128 Å². The van der Waals surface area contributed by atoms with Gasteiger partial charge in [-0.2, -0.15) is 8.75 Å². The van der Waals surface area contributed by atoms with Crippen LogP contribution in [0, 0.1) is 35.3 Å². The molecule has 4 atom stereocenters. The second-order valence-corrected chi connectivity index (χ2v) is 21.6. The molecule has 0 spiro atoms. The van der Waals surface area contributed by atoms with Crippen LogP contribution < -0.4 is 4.74 Å². The lowest BCUT2D eigenvalue weighted by molar-refractivity contribution is 0.0322. The number of rotatable bonds is 22. The number of fused-ring (bicyclic) bond motifs is 4. The second-order valence-electron chi connectivity index (χ2n) is 19.0. The summed E-state index contributed by atoms with van der Waals surface area (Å²) in [6.07, 6.45) is 16.0. The molecule has 0 bridgehead atoms. The van der Waals surface area contributed by atoms with Gasteiger partial charge >= 0.3 is 0 Å². The van der Waals surface area contributed by atoms with Crippen molar-refractivity contribution in [1.29, 1.82) is 0 Å². The quantitative estimate of drug-likeness (QED) is 0.0792. The van der Waals surface area contributed by atoms with E-state index in [1.54, 1.807) is 11.3 Å². The minimum absolute atomic E-state index is 0.0492. The molecule has 0 N–H and O–H groups in total. The van der Waals surface area contributed by atoms with Crippen molar-refractivity contribution < 1.29 is 13.5 Å². The van der Waals surface area contributed by atoms with E-state index in [1.807, 2.05) is 32.1 Å². The van der Waals surface area contributed by atoms with Gasteiger partial charge in [-0.15, -0.1) is 22.7 Å². The molecule has 0 aliphatic carbocycles. The Balaban J connectivity index is 1.69. The Hall–Kier alpha value is -1.90. The van der Waals surface area contributed by atoms with Crippen molar-refractivity contribution in [3.05, 3.63) is 39.8 Å². The van der Waals surface area contributed by atoms with Gasteiger partial charge in [0.2, 0.25) is 0 Å².